The van der Waals surface area contributed by atoms with E-state index in [4.69, 9.17) is 4.74 Å². The van der Waals surface area contributed by atoms with Crippen molar-refractivity contribution in [3.63, 3.8) is 0 Å². The smallest absolute Gasteiger partial charge is 0.0707 e. The van der Waals surface area contributed by atoms with Gasteiger partial charge in [-0.2, -0.15) is 0 Å². The second-order valence-corrected chi connectivity index (χ2v) is 7.21. The second kappa shape index (κ2) is 8.35. The molecule has 3 unspecified atom stereocenters. The van der Waals surface area contributed by atoms with Crippen LogP contribution in [0.3, 0.4) is 0 Å². The number of hydrogen-bond acceptors (Lipinski definition) is 3. The van der Waals surface area contributed by atoms with Crippen LogP contribution in [0.4, 0.5) is 0 Å². The van der Waals surface area contributed by atoms with E-state index in [9.17, 15) is 0 Å². The van der Waals surface area contributed by atoms with Crippen molar-refractivity contribution in [1.82, 2.24) is 10.2 Å². The molecule has 0 aromatic rings. The molecule has 2 aliphatic rings. The molecule has 0 saturated carbocycles. The normalized spacial score (nSPS) is 31.5. The monoisotopic (exact) mass is 282 g/mol. The first-order valence-corrected chi connectivity index (χ1v) is 8.75. The molecule has 0 aliphatic carbocycles. The summed E-state index contributed by atoms with van der Waals surface area (Å²) in [5.41, 5.74) is 0. The van der Waals surface area contributed by atoms with Crippen LogP contribution in [0.1, 0.15) is 52.9 Å². The van der Waals surface area contributed by atoms with Crippen molar-refractivity contribution >= 4 is 0 Å². The lowest BCUT2D eigenvalue weighted by atomic mass is 10.0. The molecule has 3 atom stereocenters. The highest BCUT2D eigenvalue weighted by Gasteiger charge is 2.29. The zero-order valence-corrected chi connectivity index (χ0v) is 13.7. The van der Waals surface area contributed by atoms with E-state index in [2.05, 4.69) is 31.0 Å². The van der Waals surface area contributed by atoms with Crippen molar-refractivity contribution < 1.29 is 4.74 Å². The van der Waals surface area contributed by atoms with Gasteiger partial charge in [-0.1, -0.05) is 27.2 Å². The molecule has 2 aliphatic heterocycles. The molecule has 0 radical (unpaired) electrons. The Labute approximate surface area is 125 Å². The molecule has 3 nitrogen and oxygen atoms in total. The Balaban J connectivity index is 1.59. The molecule has 118 valence electrons. The van der Waals surface area contributed by atoms with Crippen LogP contribution >= 0.6 is 0 Å². The molecule has 0 aromatic carbocycles. The van der Waals surface area contributed by atoms with E-state index >= 15 is 0 Å². The Morgan fingerprint density at radius 2 is 2.00 bits per heavy atom. The summed E-state index contributed by atoms with van der Waals surface area (Å²) in [5, 5.41) is 3.53. The minimum atomic E-state index is 0.452. The molecular formula is C17H34N2O. The van der Waals surface area contributed by atoms with Gasteiger partial charge < -0.3 is 15.0 Å². The molecule has 3 heteroatoms. The van der Waals surface area contributed by atoms with Crippen LogP contribution in [0, 0.1) is 11.8 Å². The third-order valence-corrected chi connectivity index (χ3v) is 4.65. The van der Waals surface area contributed by atoms with Gasteiger partial charge in [0, 0.05) is 19.6 Å². The summed E-state index contributed by atoms with van der Waals surface area (Å²) in [5.74, 6) is 1.68. The number of ether oxygens (including phenoxy) is 1. The lowest BCUT2D eigenvalue weighted by Gasteiger charge is -2.21. The average Bonchev–Trinajstić information content (AvgIpc) is 3.00. The summed E-state index contributed by atoms with van der Waals surface area (Å²) >= 11 is 0. The van der Waals surface area contributed by atoms with E-state index < -0.39 is 0 Å². The van der Waals surface area contributed by atoms with Crippen LogP contribution < -0.4 is 5.32 Å². The van der Waals surface area contributed by atoms with Crippen molar-refractivity contribution in [3.05, 3.63) is 0 Å². The van der Waals surface area contributed by atoms with Crippen LogP contribution in [0.5, 0.6) is 0 Å². The predicted molar refractivity (Wildman–Crippen MR) is 85.1 cm³/mol. The minimum Gasteiger partial charge on any atom is -0.372 e. The minimum absolute atomic E-state index is 0.452. The van der Waals surface area contributed by atoms with Gasteiger partial charge in [-0.15, -0.1) is 0 Å². The number of likely N-dealkylation sites (tertiary alicyclic amines) is 1. The van der Waals surface area contributed by atoms with E-state index in [-0.39, 0.29) is 0 Å². The Hall–Kier alpha value is -0.120. The van der Waals surface area contributed by atoms with Gasteiger partial charge >= 0.3 is 0 Å². The first-order chi connectivity index (χ1) is 9.67. The fraction of sp³-hybridized carbons (Fsp3) is 1.00. The highest BCUT2D eigenvalue weighted by atomic mass is 16.5. The van der Waals surface area contributed by atoms with Crippen molar-refractivity contribution in [1.29, 1.82) is 0 Å². The second-order valence-electron chi connectivity index (χ2n) is 7.21. The van der Waals surface area contributed by atoms with Gasteiger partial charge in [-0.25, -0.2) is 0 Å². The lowest BCUT2D eigenvalue weighted by Crippen LogP contribution is -2.33. The molecule has 2 fully saturated rings. The topological polar surface area (TPSA) is 24.5 Å². The van der Waals surface area contributed by atoms with Gasteiger partial charge in [0.05, 0.1) is 12.2 Å². The summed E-state index contributed by atoms with van der Waals surface area (Å²) in [6.45, 7) is 12.7. The van der Waals surface area contributed by atoms with Gasteiger partial charge in [-0.05, 0) is 50.6 Å². The summed E-state index contributed by atoms with van der Waals surface area (Å²) in [6, 6.07) is 0. The highest BCUT2D eigenvalue weighted by Crippen LogP contribution is 2.25. The molecule has 0 bridgehead atoms. The quantitative estimate of drug-likeness (QED) is 0.741. The van der Waals surface area contributed by atoms with E-state index in [0.29, 0.717) is 12.2 Å². The third-order valence-electron chi connectivity index (χ3n) is 4.65. The maximum atomic E-state index is 6.20. The van der Waals surface area contributed by atoms with Crippen molar-refractivity contribution in [2.45, 2.75) is 65.1 Å². The number of hydrogen-bond donors (Lipinski definition) is 1. The van der Waals surface area contributed by atoms with Crippen molar-refractivity contribution in [2.24, 2.45) is 11.8 Å². The number of rotatable bonds is 8. The molecule has 0 aromatic heterocycles. The average molecular weight is 282 g/mol. The van der Waals surface area contributed by atoms with Gasteiger partial charge in [0.25, 0.3) is 0 Å². The van der Waals surface area contributed by atoms with E-state index in [1.54, 1.807) is 0 Å². The summed E-state index contributed by atoms with van der Waals surface area (Å²) in [7, 11) is 0. The maximum absolute atomic E-state index is 6.20. The van der Waals surface area contributed by atoms with Gasteiger partial charge in [0.2, 0.25) is 0 Å². The SMILES string of the molecule is CCCC1CCN(CC2CCC(CNCC(C)C)O2)C1. The van der Waals surface area contributed by atoms with Crippen LogP contribution in [0.25, 0.3) is 0 Å². The predicted octanol–water partition coefficient (Wildman–Crippen LogP) is 2.90. The fourth-order valence-corrected chi connectivity index (χ4v) is 3.61. The summed E-state index contributed by atoms with van der Waals surface area (Å²) in [6.07, 6.45) is 7.57. The Kier molecular flexibility index (Phi) is 6.79. The molecule has 2 rings (SSSR count). The van der Waals surface area contributed by atoms with E-state index in [1.807, 2.05) is 0 Å². The molecule has 20 heavy (non-hydrogen) atoms. The van der Waals surface area contributed by atoms with Crippen LogP contribution in [0.2, 0.25) is 0 Å². The van der Waals surface area contributed by atoms with Crippen LogP contribution in [0.15, 0.2) is 0 Å². The number of nitrogens with zero attached hydrogens (tertiary/aromatic N) is 1. The summed E-state index contributed by atoms with van der Waals surface area (Å²) in [4.78, 5) is 2.63. The molecule has 2 saturated heterocycles. The van der Waals surface area contributed by atoms with Crippen molar-refractivity contribution in [3.8, 4) is 0 Å². The molecular weight excluding hydrogens is 248 g/mol. The fourth-order valence-electron chi connectivity index (χ4n) is 3.61. The van der Waals surface area contributed by atoms with Gasteiger partial charge in [0.15, 0.2) is 0 Å². The zero-order valence-electron chi connectivity index (χ0n) is 13.7. The molecule has 2 heterocycles. The van der Waals surface area contributed by atoms with Crippen LogP contribution in [-0.2, 0) is 4.74 Å². The Bertz CT molecular complexity index is 270. The molecule has 0 spiro atoms. The maximum Gasteiger partial charge on any atom is 0.0707 e. The number of nitrogens with one attached hydrogen (secondary N) is 1. The van der Waals surface area contributed by atoms with Crippen LogP contribution in [-0.4, -0.2) is 49.8 Å². The highest BCUT2D eigenvalue weighted by molar-refractivity contribution is 4.82. The van der Waals surface area contributed by atoms with E-state index in [0.717, 1.165) is 24.9 Å². The van der Waals surface area contributed by atoms with E-state index in [1.165, 1.54) is 51.7 Å². The lowest BCUT2D eigenvalue weighted by molar-refractivity contribution is 0.0267. The van der Waals surface area contributed by atoms with Gasteiger partial charge in [-0.3, -0.25) is 0 Å². The Morgan fingerprint density at radius 1 is 1.20 bits per heavy atom. The summed E-state index contributed by atoms with van der Waals surface area (Å²) < 4.78 is 6.20. The molecule has 1 N–H and O–H groups in total. The zero-order chi connectivity index (χ0) is 14.4. The van der Waals surface area contributed by atoms with Crippen molar-refractivity contribution in [2.75, 3.05) is 32.7 Å². The third kappa shape index (κ3) is 5.34. The Morgan fingerprint density at radius 3 is 2.75 bits per heavy atom. The first kappa shape index (κ1) is 16.3. The molecule has 0 amide bonds. The standard InChI is InChI=1S/C17H34N2O/c1-4-5-15-8-9-19(12-15)13-17-7-6-16(20-17)11-18-10-14(2)3/h14-18H,4-13H2,1-3H3. The van der Waals surface area contributed by atoms with Gasteiger partial charge in [0.1, 0.15) is 0 Å². The largest absolute Gasteiger partial charge is 0.372 e. The first-order valence-electron chi connectivity index (χ1n) is 8.75.